The van der Waals surface area contributed by atoms with Gasteiger partial charge >= 0.3 is 0 Å². The molecule has 1 unspecified atom stereocenters. The first-order chi connectivity index (χ1) is 15.7. The van der Waals surface area contributed by atoms with Crippen molar-refractivity contribution in [3.8, 4) is 0 Å². The molecule has 1 aliphatic heterocycles. The van der Waals surface area contributed by atoms with Gasteiger partial charge in [0, 0.05) is 37.0 Å². The maximum atomic E-state index is 13.0. The number of nitrogens with zero attached hydrogens (tertiary/aromatic N) is 2. The van der Waals surface area contributed by atoms with Crippen molar-refractivity contribution in [3.05, 3.63) is 68.7 Å². The zero-order chi connectivity index (χ0) is 24.0. The number of carbonyl (C=O) groups excluding carboxylic acids is 2. The lowest BCUT2D eigenvalue weighted by Gasteiger charge is -2.26. The summed E-state index contributed by atoms with van der Waals surface area (Å²) in [5.41, 5.74) is 1.38. The van der Waals surface area contributed by atoms with Crippen LogP contribution in [0.4, 0.5) is 11.4 Å². The van der Waals surface area contributed by atoms with E-state index in [1.165, 1.54) is 12.1 Å². The van der Waals surface area contributed by atoms with Crippen LogP contribution in [0.5, 0.6) is 0 Å². The summed E-state index contributed by atoms with van der Waals surface area (Å²) in [6.07, 6.45) is 0. The molecule has 0 aliphatic carbocycles. The summed E-state index contributed by atoms with van der Waals surface area (Å²) in [7, 11) is 0. The minimum Gasteiger partial charge on any atom is -0.379 e. The number of benzene rings is 2. The molecule has 0 saturated carbocycles. The van der Waals surface area contributed by atoms with Crippen molar-refractivity contribution in [3.63, 3.8) is 0 Å². The van der Waals surface area contributed by atoms with Crippen molar-refractivity contribution in [2.24, 2.45) is 5.92 Å². The zero-order valence-corrected chi connectivity index (χ0v) is 19.3. The van der Waals surface area contributed by atoms with Gasteiger partial charge in [0.1, 0.15) is 11.1 Å². The second-order valence-electron chi connectivity index (χ2n) is 8.20. The monoisotopic (exact) mass is 474 g/mol. The molecule has 3 rings (SSSR count). The van der Waals surface area contributed by atoms with Gasteiger partial charge in [-0.3, -0.25) is 24.6 Å². The third-order valence-electron chi connectivity index (χ3n) is 5.35. The first kappa shape index (κ1) is 24.6. The molecule has 9 nitrogen and oxygen atoms in total. The van der Waals surface area contributed by atoms with E-state index in [-0.39, 0.29) is 28.1 Å². The minimum atomic E-state index is -0.838. The molecule has 176 valence electrons. The van der Waals surface area contributed by atoms with Crippen molar-refractivity contribution in [1.29, 1.82) is 0 Å². The molecule has 2 aromatic rings. The molecule has 2 aromatic carbocycles. The largest absolute Gasteiger partial charge is 0.379 e. The van der Waals surface area contributed by atoms with E-state index in [1.54, 1.807) is 6.07 Å². The van der Waals surface area contributed by atoms with E-state index in [0.717, 1.165) is 31.3 Å². The van der Waals surface area contributed by atoms with Crippen LogP contribution in [0.15, 0.2) is 42.5 Å². The van der Waals surface area contributed by atoms with Crippen molar-refractivity contribution in [2.75, 3.05) is 31.6 Å². The highest BCUT2D eigenvalue weighted by molar-refractivity contribution is 6.32. The molecule has 1 fully saturated rings. The maximum absolute atomic E-state index is 13.0. The quantitative estimate of drug-likeness (QED) is 0.447. The Morgan fingerprint density at radius 2 is 1.91 bits per heavy atom. The number of anilines is 1. The predicted octanol–water partition coefficient (Wildman–Crippen LogP) is 3.47. The Morgan fingerprint density at radius 1 is 1.18 bits per heavy atom. The summed E-state index contributed by atoms with van der Waals surface area (Å²) in [4.78, 5) is 38.4. The van der Waals surface area contributed by atoms with Gasteiger partial charge in [-0.1, -0.05) is 37.6 Å². The molecular formula is C23H27ClN4O5. The van der Waals surface area contributed by atoms with Gasteiger partial charge in [0.25, 0.3) is 11.6 Å². The van der Waals surface area contributed by atoms with E-state index in [2.05, 4.69) is 15.5 Å². The lowest BCUT2D eigenvalue weighted by atomic mass is 10.0. The fraction of sp³-hybridized carbons (Fsp3) is 0.391. The number of hydrogen-bond acceptors (Lipinski definition) is 6. The van der Waals surface area contributed by atoms with E-state index >= 15 is 0 Å². The van der Waals surface area contributed by atoms with Gasteiger partial charge in [0.15, 0.2) is 0 Å². The predicted molar refractivity (Wildman–Crippen MR) is 125 cm³/mol. The normalized spacial score (nSPS) is 15.2. The molecule has 33 heavy (non-hydrogen) atoms. The van der Waals surface area contributed by atoms with Crippen LogP contribution in [0, 0.1) is 16.0 Å². The van der Waals surface area contributed by atoms with Crippen molar-refractivity contribution < 1.29 is 19.2 Å². The standard InChI is InChI=1S/C23H27ClN4O5/c1-15(2)21(26-22(29)17-6-7-19(24)20(13-17)28(31)32)23(30)25-18-5-3-4-16(12-18)14-27-8-10-33-11-9-27/h3-7,12-13,15,21H,8-11,14H2,1-2H3,(H,25,30)(H,26,29). The molecule has 1 saturated heterocycles. The van der Waals surface area contributed by atoms with Crippen LogP contribution in [0.2, 0.25) is 5.02 Å². The van der Waals surface area contributed by atoms with E-state index in [4.69, 9.17) is 16.3 Å². The number of amides is 2. The Balaban J connectivity index is 1.68. The Hall–Kier alpha value is -3.01. The summed E-state index contributed by atoms with van der Waals surface area (Å²) in [6, 6.07) is 10.5. The lowest BCUT2D eigenvalue weighted by molar-refractivity contribution is -0.384. The molecular weight excluding hydrogens is 448 g/mol. The summed E-state index contributed by atoms with van der Waals surface area (Å²) >= 11 is 5.82. The van der Waals surface area contributed by atoms with E-state index in [0.29, 0.717) is 18.9 Å². The number of morpholine rings is 1. The number of hydrogen-bond donors (Lipinski definition) is 2. The van der Waals surface area contributed by atoms with E-state index in [9.17, 15) is 19.7 Å². The van der Waals surface area contributed by atoms with Crippen molar-refractivity contribution in [1.82, 2.24) is 10.2 Å². The molecule has 0 aromatic heterocycles. The third-order valence-corrected chi connectivity index (χ3v) is 5.66. The van der Waals surface area contributed by atoms with Gasteiger partial charge in [-0.2, -0.15) is 0 Å². The van der Waals surface area contributed by atoms with Crippen LogP contribution in [0.1, 0.15) is 29.8 Å². The number of nitrogens with one attached hydrogen (secondary N) is 2. The number of ether oxygens (including phenoxy) is 1. The van der Waals surface area contributed by atoms with Gasteiger partial charge in [0.2, 0.25) is 5.91 Å². The lowest BCUT2D eigenvalue weighted by Crippen LogP contribution is -2.47. The van der Waals surface area contributed by atoms with Crippen molar-refractivity contribution in [2.45, 2.75) is 26.4 Å². The number of carbonyl (C=O) groups is 2. The Morgan fingerprint density at radius 3 is 2.58 bits per heavy atom. The second kappa shape index (κ2) is 11.2. The SMILES string of the molecule is CC(C)C(NC(=O)c1ccc(Cl)c([N+](=O)[O-])c1)C(=O)Nc1cccc(CN2CCOCC2)c1. The van der Waals surface area contributed by atoms with Crippen LogP contribution in [0.3, 0.4) is 0 Å². The van der Waals surface area contributed by atoms with Gasteiger partial charge in [-0.25, -0.2) is 0 Å². The Labute approximate surface area is 197 Å². The molecule has 2 amide bonds. The number of nitro benzene ring substituents is 1. The zero-order valence-electron chi connectivity index (χ0n) is 18.5. The molecule has 1 aliphatic rings. The third kappa shape index (κ3) is 6.74. The van der Waals surface area contributed by atoms with Crippen LogP contribution in [-0.2, 0) is 16.1 Å². The van der Waals surface area contributed by atoms with E-state index < -0.39 is 16.9 Å². The van der Waals surface area contributed by atoms with Gasteiger partial charge in [-0.05, 0) is 35.7 Å². The Bertz CT molecular complexity index is 1020. The number of rotatable bonds is 8. The van der Waals surface area contributed by atoms with E-state index in [1.807, 2.05) is 32.0 Å². The van der Waals surface area contributed by atoms with Crippen LogP contribution in [-0.4, -0.2) is 54.0 Å². The Kier molecular flexibility index (Phi) is 8.37. The van der Waals surface area contributed by atoms with Crippen LogP contribution >= 0.6 is 11.6 Å². The average Bonchev–Trinajstić information content (AvgIpc) is 2.78. The molecule has 10 heteroatoms. The first-order valence-corrected chi connectivity index (χ1v) is 11.1. The van der Waals surface area contributed by atoms with Gasteiger partial charge < -0.3 is 15.4 Å². The highest BCUT2D eigenvalue weighted by Crippen LogP contribution is 2.25. The number of halogens is 1. The molecule has 1 heterocycles. The van der Waals surface area contributed by atoms with Crippen LogP contribution in [0.25, 0.3) is 0 Å². The molecule has 0 bridgehead atoms. The maximum Gasteiger partial charge on any atom is 0.288 e. The number of nitro groups is 1. The van der Waals surface area contributed by atoms with Gasteiger partial charge in [0.05, 0.1) is 18.1 Å². The van der Waals surface area contributed by atoms with Crippen molar-refractivity contribution >= 4 is 34.8 Å². The molecule has 1 atom stereocenters. The highest BCUT2D eigenvalue weighted by atomic mass is 35.5. The smallest absolute Gasteiger partial charge is 0.288 e. The molecule has 0 spiro atoms. The highest BCUT2D eigenvalue weighted by Gasteiger charge is 2.26. The van der Waals surface area contributed by atoms with Gasteiger partial charge in [-0.15, -0.1) is 0 Å². The summed E-state index contributed by atoms with van der Waals surface area (Å²) < 4.78 is 5.38. The summed E-state index contributed by atoms with van der Waals surface area (Å²) in [5.74, 6) is -1.18. The fourth-order valence-corrected chi connectivity index (χ4v) is 3.72. The van der Waals surface area contributed by atoms with Crippen LogP contribution < -0.4 is 10.6 Å². The average molecular weight is 475 g/mol. The molecule has 0 radical (unpaired) electrons. The molecule has 2 N–H and O–H groups in total. The summed E-state index contributed by atoms with van der Waals surface area (Å²) in [5, 5.41) is 16.6. The second-order valence-corrected chi connectivity index (χ2v) is 8.60. The topological polar surface area (TPSA) is 114 Å². The summed E-state index contributed by atoms with van der Waals surface area (Å²) in [6.45, 7) is 7.52. The fourth-order valence-electron chi connectivity index (χ4n) is 3.54. The minimum absolute atomic E-state index is 0.0528. The first-order valence-electron chi connectivity index (χ1n) is 10.7.